The zero-order valence-electron chi connectivity index (χ0n) is 71.8. The fourth-order valence-electron chi connectivity index (χ4n) is 15.9. The van der Waals surface area contributed by atoms with Crippen LogP contribution in [0.4, 0.5) is 5.69 Å². The summed E-state index contributed by atoms with van der Waals surface area (Å²) in [7, 11) is -3.52. The van der Waals surface area contributed by atoms with E-state index >= 15 is 0 Å². The minimum atomic E-state index is -3.52. The number of piperazine rings is 1. The van der Waals surface area contributed by atoms with Gasteiger partial charge in [-0.25, -0.2) is 0 Å². The molecule has 5 atom stereocenters. The molecule has 0 bridgehead atoms. The highest BCUT2D eigenvalue weighted by Gasteiger charge is 2.31. The van der Waals surface area contributed by atoms with E-state index < -0.39 is 10.1 Å². The lowest BCUT2D eigenvalue weighted by molar-refractivity contribution is -0.164. The normalized spacial score (nSPS) is 14.5. The van der Waals surface area contributed by atoms with Crippen molar-refractivity contribution in [3.63, 3.8) is 0 Å². The van der Waals surface area contributed by atoms with Crippen molar-refractivity contribution in [2.24, 2.45) is 0 Å². The summed E-state index contributed by atoms with van der Waals surface area (Å²) in [5.74, 6) is 0.384. The first-order valence-corrected chi connectivity index (χ1v) is 47.7. The van der Waals surface area contributed by atoms with Gasteiger partial charge in [-0.05, 0) is 203 Å². The Balaban J connectivity index is 0.000000167. The van der Waals surface area contributed by atoms with Gasteiger partial charge in [0.25, 0.3) is 10.1 Å². The number of nitrogens with zero attached hydrogens (tertiary/aromatic N) is 9. The van der Waals surface area contributed by atoms with Crippen molar-refractivity contribution in [2.45, 2.75) is 94.8 Å². The molecule has 0 amide bonds. The smallest absolute Gasteiger partial charge is 0.264 e. The SMILES string of the molecule is CS(=O)(=O)OCCN(Cc1ccccc1)C[C@H](Cc1ccc(C#N)cc1Cl)c1ccc(Cl)cc1.N#Cc1ccc(C[C@@H](CN(CCO)Cc2ccccc2)c2ccc(Cl)cc2)c(Cl)c1.N#Cc1ccc(C[C@@H](CN(CCOC2CCCCO2)Cc2ccccc2)c2ccc(Cl)cc2)c(Cl)c1.N#Cc1ccc(N2CCN(Cc3ccccc3)C[C@H]2c2ccc(Cl)cc2)c(Cl)c1. The van der Waals surface area contributed by atoms with Crippen LogP contribution in [-0.4, -0.2) is 131 Å². The summed E-state index contributed by atoms with van der Waals surface area (Å²) in [6.07, 6.45) is 6.31. The van der Waals surface area contributed by atoms with Gasteiger partial charge in [-0.15, -0.1) is 0 Å². The van der Waals surface area contributed by atoms with Gasteiger partial charge >= 0.3 is 0 Å². The maximum absolute atomic E-state index is 11.5. The summed E-state index contributed by atoms with van der Waals surface area (Å²) < 4.78 is 39.8. The lowest BCUT2D eigenvalue weighted by atomic mass is 9.91. The van der Waals surface area contributed by atoms with E-state index in [4.69, 9.17) is 122 Å². The minimum absolute atomic E-state index is 0.0460. The van der Waals surface area contributed by atoms with E-state index in [1.807, 2.05) is 170 Å². The highest BCUT2D eigenvalue weighted by atomic mass is 35.5. The van der Waals surface area contributed by atoms with Gasteiger partial charge in [0, 0.05) is 145 Å². The summed E-state index contributed by atoms with van der Waals surface area (Å²) in [6, 6.07) is 104. The maximum atomic E-state index is 11.5. The lowest BCUT2D eigenvalue weighted by Crippen LogP contribution is -2.48. The lowest BCUT2D eigenvalue weighted by Gasteiger charge is -2.43. The molecule has 0 spiro atoms. The monoisotopic (exact) mass is 1900 g/mol. The van der Waals surface area contributed by atoms with Crippen LogP contribution in [0, 0.1) is 45.3 Å². The molecule has 15 nitrogen and oxygen atoms in total. The summed E-state index contributed by atoms with van der Waals surface area (Å²) >= 11 is 50.6. The molecule has 0 radical (unpaired) electrons. The highest BCUT2D eigenvalue weighted by molar-refractivity contribution is 7.86. The number of aliphatic hydroxyl groups is 1. The van der Waals surface area contributed by atoms with Crippen LogP contribution in [0.5, 0.6) is 0 Å². The number of benzene rings is 12. The number of anilines is 1. The van der Waals surface area contributed by atoms with E-state index in [9.17, 15) is 18.8 Å². The Morgan fingerprint density at radius 1 is 0.434 bits per heavy atom. The third-order valence-corrected chi connectivity index (χ3v) is 25.4. The molecule has 1 N–H and O–H groups in total. The zero-order valence-corrected chi connectivity index (χ0v) is 78.7. The maximum Gasteiger partial charge on any atom is 0.264 e. The number of rotatable bonds is 35. The number of ether oxygens (including phenoxy) is 2. The van der Waals surface area contributed by atoms with Crippen molar-refractivity contribution in [3.8, 4) is 24.3 Å². The fourth-order valence-corrected chi connectivity index (χ4v) is 17.8. The molecule has 0 aliphatic carbocycles. The molecule has 2 aliphatic rings. The van der Waals surface area contributed by atoms with E-state index in [1.165, 1.54) is 27.8 Å². The van der Waals surface area contributed by atoms with Gasteiger partial charge in [-0.3, -0.25) is 23.8 Å². The molecule has 666 valence electrons. The van der Waals surface area contributed by atoms with Gasteiger partial charge in [0.15, 0.2) is 6.29 Å². The predicted molar refractivity (Wildman–Crippen MR) is 524 cm³/mol. The first-order chi connectivity index (χ1) is 62.6. The fraction of sp³-hybridized carbons (Fsp3) is 0.276. The van der Waals surface area contributed by atoms with Crippen molar-refractivity contribution < 1.29 is 27.2 Å². The van der Waals surface area contributed by atoms with Crippen LogP contribution in [0.3, 0.4) is 0 Å². The van der Waals surface area contributed by atoms with E-state index in [1.54, 1.807) is 36.4 Å². The molecule has 12 aromatic carbocycles. The average molecular weight is 1900 g/mol. The third-order valence-electron chi connectivity index (χ3n) is 22.5. The number of hydrogen-bond donors (Lipinski definition) is 1. The molecule has 24 heteroatoms. The van der Waals surface area contributed by atoms with Gasteiger partial charge in [-0.2, -0.15) is 29.5 Å². The zero-order chi connectivity index (χ0) is 91.3. The van der Waals surface area contributed by atoms with Crippen LogP contribution >= 0.6 is 92.8 Å². The second kappa shape index (κ2) is 52.4. The van der Waals surface area contributed by atoms with Crippen molar-refractivity contribution in [3.05, 3.63) is 415 Å². The van der Waals surface area contributed by atoms with Crippen LogP contribution < -0.4 is 4.90 Å². The van der Waals surface area contributed by atoms with E-state index in [2.05, 4.69) is 134 Å². The van der Waals surface area contributed by atoms with Crippen molar-refractivity contribution in [1.82, 2.24) is 19.6 Å². The molecule has 12 aromatic rings. The summed E-state index contributed by atoms with van der Waals surface area (Å²) in [5, 5.41) is 51.4. The van der Waals surface area contributed by atoms with Crippen LogP contribution in [0.1, 0.15) is 127 Å². The quantitative estimate of drug-likeness (QED) is 0.0368. The van der Waals surface area contributed by atoms with Crippen LogP contribution in [0.25, 0.3) is 0 Å². The Morgan fingerprint density at radius 2 is 0.798 bits per heavy atom. The molecular formula is C105H103Cl8N9O6S. The van der Waals surface area contributed by atoms with Crippen LogP contribution in [-0.2, 0) is 69.2 Å². The molecule has 2 fully saturated rings. The summed E-state index contributed by atoms with van der Waals surface area (Å²) in [5.41, 5.74) is 15.7. The van der Waals surface area contributed by atoms with Crippen LogP contribution in [0.2, 0.25) is 40.2 Å². The van der Waals surface area contributed by atoms with Gasteiger partial charge in [0.1, 0.15) is 0 Å². The molecule has 1 unspecified atom stereocenters. The van der Waals surface area contributed by atoms with E-state index in [0.29, 0.717) is 91.6 Å². The van der Waals surface area contributed by atoms with Gasteiger partial charge in [0.05, 0.1) is 89.4 Å². The van der Waals surface area contributed by atoms with E-state index in [0.717, 1.165) is 153 Å². The Labute approximate surface area is 800 Å². The Hall–Kier alpha value is -9.65. The number of hydrogen-bond acceptors (Lipinski definition) is 15. The second-order valence-electron chi connectivity index (χ2n) is 31.9. The van der Waals surface area contributed by atoms with Gasteiger partial charge in [0.2, 0.25) is 0 Å². The highest BCUT2D eigenvalue weighted by Crippen LogP contribution is 2.38. The van der Waals surface area contributed by atoms with Gasteiger partial charge in [-0.1, -0.05) is 281 Å². The third kappa shape index (κ3) is 33.3. The van der Waals surface area contributed by atoms with Gasteiger partial charge < -0.3 is 19.5 Å². The van der Waals surface area contributed by atoms with Crippen LogP contribution in [0.15, 0.2) is 291 Å². The standard InChI is InChI=1S/C30H32Cl2N2O2.C26H26Cl2N2O3S.C25H24Cl2N2O.C24H21Cl2N3/c31-28-13-11-25(12-14-28)27(19-26-10-9-24(20-33)18-29(26)32)22-34(21-23-6-2-1-3-7-23)15-17-36-30-8-4-5-16-35-30;1-34(31,32)33-14-13-30(18-20-5-3-2-4-6-20)19-24(22-9-11-25(27)12-10-22)16-23-8-7-21(17-29)15-26(23)28;26-24-10-8-21(9-11-24)23(15-22-7-6-20(16-28)14-25(22)27)18-29(12-13-30)17-19-4-2-1-3-5-19;25-21-9-7-20(8-10-21)24-17-28(16-18-4-2-1-3-5-18)12-13-29(24)23-11-6-19(15-27)14-22(23)26/h1-3,6-7,9-14,18,27,30H,4-5,8,15-17,19,21-22H2;2-12,15,24H,13-14,16,18-19H2,1H3;1-11,14,23,30H,12-13,15,17-18H2;1-11,14,24H,12-13,16-17H2/t27-,30?;24-;23-;24-/m0000/s1. The number of aliphatic hydroxyl groups excluding tert-OH is 1. The molecule has 129 heavy (non-hydrogen) atoms. The molecule has 2 heterocycles. The average Bonchev–Trinajstić information content (AvgIpc) is 0.787. The Kier molecular flexibility index (Phi) is 40.6. The topological polar surface area (TPSA) is 193 Å². The molecule has 14 rings (SSSR count). The summed E-state index contributed by atoms with van der Waals surface area (Å²) in [6.45, 7) is 11.4. The molecular weight excluding hydrogens is 1800 g/mol. The second-order valence-corrected chi connectivity index (χ2v) is 37.0. The first kappa shape index (κ1) is 99.9. The van der Waals surface area contributed by atoms with E-state index in [-0.39, 0.29) is 43.3 Å². The van der Waals surface area contributed by atoms with Crippen molar-refractivity contribution in [2.75, 3.05) is 96.5 Å². The largest absolute Gasteiger partial charge is 0.395 e. The number of nitriles is 4. The number of halogens is 8. The molecule has 0 aromatic heterocycles. The minimum Gasteiger partial charge on any atom is -0.395 e. The first-order valence-electron chi connectivity index (χ1n) is 42.8. The Morgan fingerprint density at radius 3 is 1.16 bits per heavy atom. The Bertz CT molecular complexity index is 5780. The molecule has 2 aliphatic heterocycles. The van der Waals surface area contributed by atoms with Crippen molar-refractivity contribution >= 4 is 109 Å². The molecule has 2 saturated heterocycles. The molecule has 0 saturated carbocycles. The predicted octanol–water partition coefficient (Wildman–Crippen LogP) is 24.5. The summed E-state index contributed by atoms with van der Waals surface area (Å²) in [4.78, 5) is 11.7. The van der Waals surface area contributed by atoms with Crippen molar-refractivity contribution in [1.29, 1.82) is 21.0 Å².